The summed E-state index contributed by atoms with van der Waals surface area (Å²) in [6, 6.07) is 9.55. The number of primary amides is 1. The molecule has 0 aliphatic carbocycles. The largest absolute Gasteiger partial charge is 0.396 e. The number of nitrogens with two attached hydrogens (primary N) is 2. The third kappa shape index (κ3) is 2.88. The van der Waals surface area contributed by atoms with E-state index in [-0.39, 0.29) is 6.04 Å². The predicted molar refractivity (Wildman–Crippen MR) is 80.5 cm³/mol. The van der Waals surface area contributed by atoms with Gasteiger partial charge in [0.25, 0.3) is 5.91 Å². The summed E-state index contributed by atoms with van der Waals surface area (Å²) in [7, 11) is 0. The zero-order valence-electron chi connectivity index (χ0n) is 10.9. The standard InChI is InChI=1S/C14H17N3OS/c1-8-6-7-12(19-8)9(2)17-11-5-3-4-10(13(11)15)14(16)18/h3-7,9,17H,15H2,1-2H3,(H2,16,18). The maximum Gasteiger partial charge on any atom is 0.250 e. The van der Waals surface area contributed by atoms with E-state index in [0.29, 0.717) is 11.3 Å². The predicted octanol–water partition coefficient (Wildman–Crippen LogP) is 2.91. The molecule has 0 bridgehead atoms. The first-order chi connectivity index (χ1) is 8.99. The Morgan fingerprint density at radius 2 is 2.05 bits per heavy atom. The maximum absolute atomic E-state index is 11.2. The number of hydrogen-bond donors (Lipinski definition) is 3. The maximum atomic E-state index is 11.2. The molecule has 1 atom stereocenters. The van der Waals surface area contributed by atoms with Gasteiger partial charge in [-0.3, -0.25) is 4.79 Å². The van der Waals surface area contributed by atoms with Crippen molar-refractivity contribution >= 4 is 28.6 Å². The molecule has 1 aromatic carbocycles. The molecule has 2 rings (SSSR count). The van der Waals surface area contributed by atoms with Gasteiger partial charge in [0.1, 0.15) is 0 Å². The highest BCUT2D eigenvalue weighted by Gasteiger charge is 2.13. The van der Waals surface area contributed by atoms with Gasteiger partial charge in [0.2, 0.25) is 0 Å². The minimum atomic E-state index is -0.513. The fourth-order valence-electron chi connectivity index (χ4n) is 1.90. The first-order valence-corrected chi connectivity index (χ1v) is 6.82. The van der Waals surface area contributed by atoms with Crippen molar-refractivity contribution in [3.63, 3.8) is 0 Å². The molecule has 1 amide bonds. The normalized spacial score (nSPS) is 12.1. The lowest BCUT2D eigenvalue weighted by molar-refractivity contribution is 0.100. The first kappa shape index (κ1) is 13.4. The van der Waals surface area contributed by atoms with Gasteiger partial charge in [0.05, 0.1) is 23.0 Å². The summed E-state index contributed by atoms with van der Waals surface area (Å²) in [4.78, 5) is 13.7. The summed E-state index contributed by atoms with van der Waals surface area (Å²) in [5.74, 6) is -0.513. The van der Waals surface area contributed by atoms with Gasteiger partial charge in [-0.1, -0.05) is 6.07 Å². The number of anilines is 2. The molecule has 1 heterocycles. The van der Waals surface area contributed by atoms with Crippen molar-refractivity contribution in [3.05, 3.63) is 45.6 Å². The second-order valence-corrected chi connectivity index (χ2v) is 5.76. The number of nitrogen functional groups attached to an aromatic ring is 1. The lowest BCUT2D eigenvalue weighted by Crippen LogP contribution is -2.15. The van der Waals surface area contributed by atoms with Gasteiger partial charge < -0.3 is 16.8 Å². The molecule has 1 unspecified atom stereocenters. The summed E-state index contributed by atoms with van der Waals surface area (Å²) in [5.41, 5.74) is 12.7. The van der Waals surface area contributed by atoms with Gasteiger partial charge >= 0.3 is 0 Å². The van der Waals surface area contributed by atoms with Gasteiger partial charge in [-0.2, -0.15) is 0 Å². The molecule has 0 spiro atoms. The van der Waals surface area contributed by atoms with Crippen LogP contribution < -0.4 is 16.8 Å². The van der Waals surface area contributed by atoms with E-state index < -0.39 is 5.91 Å². The molecule has 0 radical (unpaired) electrons. The number of aryl methyl sites for hydroxylation is 1. The van der Waals surface area contributed by atoms with E-state index in [0.717, 1.165) is 5.69 Å². The van der Waals surface area contributed by atoms with E-state index in [1.54, 1.807) is 23.5 Å². The van der Waals surface area contributed by atoms with Crippen molar-refractivity contribution in [1.82, 2.24) is 0 Å². The second kappa shape index (κ2) is 5.32. The number of thiophene rings is 1. The van der Waals surface area contributed by atoms with Crippen LogP contribution in [0.3, 0.4) is 0 Å². The van der Waals surface area contributed by atoms with Crippen LogP contribution in [0.4, 0.5) is 11.4 Å². The quantitative estimate of drug-likeness (QED) is 0.750. The molecule has 1 aromatic heterocycles. The lowest BCUT2D eigenvalue weighted by atomic mass is 10.1. The minimum Gasteiger partial charge on any atom is -0.396 e. The van der Waals surface area contributed by atoms with E-state index in [2.05, 4.69) is 31.3 Å². The summed E-state index contributed by atoms with van der Waals surface area (Å²) < 4.78 is 0. The fourth-order valence-corrected chi connectivity index (χ4v) is 2.78. The third-order valence-corrected chi connectivity index (χ3v) is 4.11. The monoisotopic (exact) mass is 275 g/mol. The van der Waals surface area contributed by atoms with Crippen LogP contribution in [0.2, 0.25) is 0 Å². The van der Waals surface area contributed by atoms with Crippen LogP contribution in [-0.4, -0.2) is 5.91 Å². The highest BCUT2D eigenvalue weighted by molar-refractivity contribution is 7.12. The first-order valence-electron chi connectivity index (χ1n) is 6.00. The Labute approximate surface area is 116 Å². The molecule has 5 N–H and O–H groups in total. The van der Waals surface area contributed by atoms with Gasteiger partial charge in [-0.25, -0.2) is 0 Å². The molecule has 0 aliphatic heterocycles. The Morgan fingerprint density at radius 3 is 2.63 bits per heavy atom. The fraction of sp³-hybridized carbons (Fsp3) is 0.214. The Bertz CT molecular complexity index is 606. The highest BCUT2D eigenvalue weighted by Crippen LogP contribution is 2.29. The number of amides is 1. The number of rotatable bonds is 4. The van der Waals surface area contributed by atoms with Crippen LogP contribution in [-0.2, 0) is 0 Å². The molecule has 4 nitrogen and oxygen atoms in total. The summed E-state index contributed by atoms with van der Waals surface area (Å²) in [6.45, 7) is 4.13. The Kier molecular flexibility index (Phi) is 3.76. The van der Waals surface area contributed by atoms with Crippen LogP contribution in [0.25, 0.3) is 0 Å². The van der Waals surface area contributed by atoms with E-state index in [4.69, 9.17) is 11.5 Å². The number of carbonyl (C=O) groups excluding carboxylic acids is 1. The molecule has 0 saturated heterocycles. The van der Waals surface area contributed by atoms with Crippen molar-refractivity contribution < 1.29 is 4.79 Å². The zero-order chi connectivity index (χ0) is 14.0. The molecule has 5 heteroatoms. The highest BCUT2D eigenvalue weighted by atomic mass is 32.1. The zero-order valence-corrected chi connectivity index (χ0v) is 11.8. The SMILES string of the molecule is Cc1ccc(C(C)Nc2cccc(C(N)=O)c2N)s1. The Balaban J connectivity index is 2.24. The molecular formula is C14H17N3OS. The minimum absolute atomic E-state index is 0.129. The van der Waals surface area contributed by atoms with E-state index in [1.165, 1.54) is 9.75 Å². The van der Waals surface area contributed by atoms with Crippen molar-refractivity contribution in [2.24, 2.45) is 5.73 Å². The average Bonchev–Trinajstić information content (AvgIpc) is 2.78. The van der Waals surface area contributed by atoms with Crippen LogP contribution >= 0.6 is 11.3 Å². The number of hydrogen-bond acceptors (Lipinski definition) is 4. The molecule has 0 fully saturated rings. The number of nitrogens with one attached hydrogen (secondary N) is 1. The topological polar surface area (TPSA) is 81.1 Å². The Hall–Kier alpha value is -2.01. The van der Waals surface area contributed by atoms with Gasteiger partial charge in [0, 0.05) is 9.75 Å². The van der Waals surface area contributed by atoms with Crippen molar-refractivity contribution in [1.29, 1.82) is 0 Å². The van der Waals surface area contributed by atoms with E-state index >= 15 is 0 Å². The number of carbonyl (C=O) groups is 1. The number of benzene rings is 1. The van der Waals surface area contributed by atoms with Crippen molar-refractivity contribution in [2.75, 3.05) is 11.1 Å². The van der Waals surface area contributed by atoms with Crippen molar-refractivity contribution in [2.45, 2.75) is 19.9 Å². The summed E-state index contributed by atoms with van der Waals surface area (Å²) >= 11 is 1.74. The smallest absolute Gasteiger partial charge is 0.250 e. The van der Waals surface area contributed by atoms with Gasteiger partial charge in [0.15, 0.2) is 0 Å². The molecule has 0 saturated carbocycles. The molecule has 0 aliphatic rings. The van der Waals surface area contributed by atoms with Crippen molar-refractivity contribution in [3.8, 4) is 0 Å². The number of para-hydroxylation sites is 1. The van der Waals surface area contributed by atoms with Gasteiger partial charge in [-0.05, 0) is 38.1 Å². The molecular weight excluding hydrogens is 258 g/mol. The van der Waals surface area contributed by atoms with Crippen LogP contribution in [0.15, 0.2) is 30.3 Å². The van der Waals surface area contributed by atoms with E-state index in [1.807, 2.05) is 6.07 Å². The van der Waals surface area contributed by atoms with E-state index in [9.17, 15) is 4.79 Å². The molecule has 2 aromatic rings. The molecule has 100 valence electrons. The van der Waals surface area contributed by atoms with Gasteiger partial charge in [-0.15, -0.1) is 11.3 Å². The third-order valence-electron chi connectivity index (χ3n) is 2.93. The lowest BCUT2D eigenvalue weighted by Gasteiger charge is -2.16. The van der Waals surface area contributed by atoms with Crippen LogP contribution in [0.5, 0.6) is 0 Å². The summed E-state index contributed by atoms with van der Waals surface area (Å²) in [5, 5.41) is 3.31. The molecule has 19 heavy (non-hydrogen) atoms. The second-order valence-electron chi connectivity index (χ2n) is 4.45. The van der Waals surface area contributed by atoms with Crippen LogP contribution in [0, 0.1) is 6.92 Å². The van der Waals surface area contributed by atoms with Crippen LogP contribution in [0.1, 0.15) is 33.1 Å². The average molecular weight is 275 g/mol. The Morgan fingerprint density at radius 1 is 1.32 bits per heavy atom. The summed E-state index contributed by atoms with van der Waals surface area (Å²) in [6.07, 6.45) is 0.